The number of amides is 1. The van der Waals surface area contributed by atoms with E-state index in [9.17, 15) is 23.1 Å². The van der Waals surface area contributed by atoms with E-state index in [1.807, 2.05) is 38.1 Å². The van der Waals surface area contributed by atoms with Crippen LogP contribution in [0, 0.1) is 6.92 Å². The lowest BCUT2D eigenvalue weighted by molar-refractivity contribution is -0.258. The van der Waals surface area contributed by atoms with Crippen molar-refractivity contribution in [3.05, 3.63) is 70.8 Å². The molecule has 0 bridgehead atoms. The minimum atomic E-state index is -4.79. The molecule has 0 spiro atoms. The number of carbonyl (C=O) groups is 1. The molecule has 2 aromatic carbocycles. The van der Waals surface area contributed by atoms with Gasteiger partial charge in [0.2, 0.25) is 0 Å². The fourth-order valence-corrected chi connectivity index (χ4v) is 2.52. The van der Waals surface area contributed by atoms with Gasteiger partial charge in [0, 0.05) is 18.7 Å². The first-order valence-electron chi connectivity index (χ1n) is 8.30. The summed E-state index contributed by atoms with van der Waals surface area (Å²) in [7, 11) is 0. The van der Waals surface area contributed by atoms with Gasteiger partial charge in [-0.2, -0.15) is 13.2 Å². The highest BCUT2D eigenvalue weighted by molar-refractivity contribution is 5.94. The SMILES string of the molecule is CCN(Cc1ccc(C)cc1)C(=O)c1ccc(C(C)(O)C(F)(F)F)cc1. The Balaban J connectivity index is 2.18. The van der Waals surface area contributed by atoms with E-state index in [0.29, 0.717) is 20.0 Å². The van der Waals surface area contributed by atoms with Crippen molar-refractivity contribution < 1.29 is 23.1 Å². The summed E-state index contributed by atoms with van der Waals surface area (Å²) in [5.74, 6) is -0.272. The molecule has 140 valence electrons. The molecule has 0 radical (unpaired) electrons. The largest absolute Gasteiger partial charge is 0.421 e. The molecule has 0 fully saturated rings. The van der Waals surface area contributed by atoms with E-state index >= 15 is 0 Å². The topological polar surface area (TPSA) is 40.5 Å². The van der Waals surface area contributed by atoms with Crippen LogP contribution in [0.15, 0.2) is 48.5 Å². The monoisotopic (exact) mass is 365 g/mol. The van der Waals surface area contributed by atoms with Crippen LogP contribution in [-0.2, 0) is 12.1 Å². The average Bonchev–Trinajstić information content (AvgIpc) is 2.60. The molecule has 0 saturated heterocycles. The van der Waals surface area contributed by atoms with Crippen molar-refractivity contribution in [3.63, 3.8) is 0 Å². The number of rotatable bonds is 5. The Hall–Kier alpha value is -2.34. The molecule has 6 heteroatoms. The molecule has 0 aromatic heterocycles. The highest BCUT2D eigenvalue weighted by Gasteiger charge is 2.51. The van der Waals surface area contributed by atoms with Gasteiger partial charge in [-0.3, -0.25) is 4.79 Å². The van der Waals surface area contributed by atoms with Crippen LogP contribution in [0.4, 0.5) is 13.2 Å². The van der Waals surface area contributed by atoms with E-state index in [1.54, 1.807) is 4.90 Å². The third-order valence-electron chi connectivity index (χ3n) is 4.41. The summed E-state index contributed by atoms with van der Waals surface area (Å²) in [5.41, 5.74) is -0.886. The fraction of sp³-hybridized carbons (Fsp3) is 0.350. The van der Waals surface area contributed by atoms with Crippen molar-refractivity contribution in [1.82, 2.24) is 4.90 Å². The molecule has 0 aliphatic rings. The molecule has 1 unspecified atom stereocenters. The molecule has 0 aliphatic carbocycles. The second kappa shape index (κ2) is 7.50. The first-order valence-corrected chi connectivity index (χ1v) is 8.30. The predicted molar refractivity (Wildman–Crippen MR) is 93.7 cm³/mol. The van der Waals surface area contributed by atoms with Gasteiger partial charge in [0.25, 0.3) is 5.91 Å². The van der Waals surface area contributed by atoms with Crippen LogP contribution in [0.5, 0.6) is 0 Å². The van der Waals surface area contributed by atoms with Crippen molar-refractivity contribution in [1.29, 1.82) is 0 Å². The normalized spacial score (nSPS) is 14.0. The Morgan fingerprint density at radius 3 is 2.04 bits per heavy atom. The maximum Gasteiger partial charge on any atom is 0.421 e. The molecule has 2 rings (SSSR count). The van der Waals surface area contributed by atoms with E-state index in [1.165, 1.54) is 12.1 Å². The second-order valence-corrected chi connectivity index (χ2v) is 6.45. The third-order valence-corrected chi connectivity index (χ3v) is 4.41. The Morgan fingerprint density at radius 1 is 1.04 bits per heavy atom. The van der Waals surface area contributed by atoms with Crippen LogP contribution in [0.2, 0.25) is 0 Å². The highest BCUT2D eigenvalue weighted by atomic mass is 19.4. The van der Waals surface area contributed by atoms with E-state index in [0.717, 1.165) is 23.3 Å². The van der Waals surface area contributed by atoms with Gasteiger partial charge in [-0.1, -0.05) is 42.0 Å². The zero-order valence-corrected chi connectivity index (χ0v) is 15.0. The number of halogens is 3. The lowest BCUT2D eigenvalue weighted by Crippen LogP contribution is -2.39. The van der Waals surface area contributed by atoms with Gasteiger partial charge in [-0.05, 0) is 44.0 Å². The zero-order chi connectivity index (χ0) is 19.5. The van der Waals surface area contributed by atoms with Gasteiger partial charge in [0.1, 0.15) is 0 Å². The predicted octanol–water partition coefficient (Wildman–Crippen LogP) is 4.43. The van der Waals surface area contributed by atoms with Gasteiger partial charge >= 0.3 is 6.18 Å². The Morgan fingerprint density at radius 2 is 1.58 bits per heavy atom. The van der Waals surface area contributed by atoms with Crippen LogP contribution < -0.4 is 0 Å². The number of hydrogen-bond donors (Lipinski definition) is 1. The van der Waals surface area contributed by atoms with E-state index < -0.39 is 11.8 Å². The van der Waals surface area contributed by atoms with Crippen molar-refractivity contribution >= 4 is 5.91 Å². The van der Waals surface area contributed by atoms with E-state index in [2.05, 4.69) is 0 Å². The van der Waals surface area contributed by atoms with Crippen molar-refractivity contribution in [2.45, 2.75) is 39.1 Å². The summed E-state index contributed by atoms with van der Waals surface area (Å²) in [5, 5.41) is 9.70. The molecule has 1 N–H and O–H groups in total. The zero-order valence-electron chi connectivity index (χ0n) is 15.0. The molecule has 0 saturated carbocycles. The smallest absolute Gasteiger partial charge is 0.376 e. The first kappa shape index (κ1) is 20.0. The summed E-state index contributed by atoms with van der Waals surface area (Å²) >= 11 is 0. The average molecular weight is 365 g/mol. The molecular weight excluding hydrogens is 343 g/mol. The summed E-state index contributed by atoms with van der Waals surface area (Å²) < 4.78 is 38.7. The van der Waals surface area contributed by atoms with Crippen molar-refractivity contribution in [2.75, 3.05) is 6.54 Å². The molecule has 0 aliphatic heterocycles. The first-order chi connectivity index (χ1) is 12.1. The third kappa shape index (κ3) is 4.25. The van der Waals surface area contributed by atoms with Gasteiger partial charge in [-0.15, -0.1) is 0 Å². The lowest BCUT2D eigenvalue weighted by Gasteiger charge is -2.27. The minimum absolute atomic E-state index is 0.272. The Bertz CT molecular complexity index is 750. The summed E-state index contributed by atoms with van der Waals surface area (Å²) in [6.07, 6.45) is -4.79. The van der Waals surface area contributed by atoms with Crippen LogP contribution in [0.3, 0.4) is 0 Å². The summed E-state index contributed by atoms with van der Waals surface area (Å²) in [6, 6.07) is 12.7. The maximum atomic E-state index is 12.9. The van der Waals surface area contributed by atoms with Crippen molar-refractivity contribution in [2.24, 2.45) is 0 Å². The molecular formula is C20H22F3NO2. The van der Waals surface area contributed by atoms with E-state index in [4.69, 9.17) is 0 Å². The van der Waals surface area contributed by atoms with Crippen LogP contribution in [-0.4, -0.2) is 28.6 Å². The van der Waals surface area contributed by atoms with Gasteiger partial charge in [0.05, 0.1) is 0 Å². The van der Waals surface area contributed by atoms with E-state index in [-0.39, 0.29) is 17.0 Å². The number of benzene rings is 2. The second-order valence-electron chi connectivity index (χ2n) is 6.45. The fourth-order valence-electron chi connectivity index (χ4n) is 2.52. The van der Waals surface area contributed by atoms with Crippen LogP contribution in [0.1, 0.15) is 40.9 Å². The summed E-state index contributed by atoms with van der Waals surface area (Å²) in [4.78, 5) is 14.3. The number of aryl methyl sites for hydroxylation is 1. The lowest BCUT2D eigenvalue weighted by atomic mass is 9.94. The molecule has 3 nitrogen and oxygen atoms in total. The summed E-state index contributed by atoms with van der Waals surface area (Å²) in [6.45, 7) is 5.39. The number of nitrogens with zero attached hydrogens (tertiary/aromatic N) is 1. The molecule has 26 heavy (non-hydrogen) atoms. The standard InChI is InChI=1S/C20H22F3NO2/c1-4-24(13-15-7-5-14(2)6-8-15)18(25)16-9-11-17(12-10-16)19(3,26)20(21,22)23/h5-12,26H,4,13H2,1-3H3. The van der Waals surface area contributed by atoms with Crippen LogP contribution in [0.25, 0.3) is 0 Å². The molecule has 1 atom stereocenters. The number of alkyl halides is 3. The van der Waals surface area contributed by atoms with Gasteiger partial charge in [-0.25, -0.2) is 0 Å². The number of carbonyl (C=O) groups excluding carboxylic acids is 1. The quantitative estimate of drug-likeness (QED) is 0.852. The Labute approximate surface area is 151 Å². The molecule has 1 amide bonds. The number of aliphatic hydroxyl groups is 1. The molecule has 0 heterocycles. The minimum Gasteiger partial charge on any atom is -0.376 e. The highest BCUT2D eigenvalue weighted by Crippen LogP contribution is 2.38. The van der Waals surface area contributed by atoms with Crippen molar-refractivity contribution in [3.8, 4) is 0 Å². The maximum absolute atomic E-state index is 12.9. The Kier molecular flexibility index (Phi) is 5.76. The van der Waals surface area contributed by atoms with Crippen LogP contribution >= 0.6 is 0 Å². The number of hydrogen-bond acceptors (Lipinski definition) is 2. The van der Waals surface area contributed by atoms with Gasteiger partial charge < -0.3 is 10.0 Å². The molecule has 2 aromatic rings. The van der Waals surface area contributed by atoms with Gasteiger partial charge in [0.15, 0.2) is 5.60 Å².